The first-order chi connectivity index (χ1) is 27.5. The number of carboxylic acids is 1. The van der Waals surface area contributed by atoms with Crippen molar-refractivity contribution >= 4 is 45.8 Å². The number of hydrogen-bond acceptors (Lipinski definition) is 7. The summed E-state index contributed by atoms with van der Waals surface area (Å²) in [6.45, 7) is 10.8. The Bertz CT molecular complexity index is 2000. The van der Waals surface area contributed by atoms with Crippen molar-refractivity contribution in [2.45, 2.75) is 123 Å². The molecule has 2 aliphatic carbocycles. The predicted octanol–water partition coefficient (Wildman–Crippen LogP) is 9.28. The van der Waals surface area contributed by atoms with Gasteiger partial charge >= 0.3 is 11.7 Å². The van der Waals surface area contributed by atoms with Crippen LogP contribution >= 0.6 is 11.3 Å². The molecule has 3 aliphatic rings. The number of carboxylic acid groups (broad SMARTS) is 1. The number of para-hydroxylation sites is 1. The van der Waals surface area contributed by atoms with Gasteiger partial charge in [0.25, 0.3) is 0 Å². The molecule has 3 atom stereocenters. The number of anilines is 1. The molecule has 3 heterocycles. The predicted molar refractivity (Wildman–Crippen MR) is 228 cm³/mol. The number of carbonyl (C=O) groups excluding carboxylic acids is 2. The molecule has 1 saturated heterocycles. The van der Waals surface area contributed by atoms with Crippen molar-refractivity contribution in [2.24, 2.45) is 17.6 Å². The number of aliphatic carboxylic acids is 1. The molecule has 2 aromatic heterocycles. The minimum Gasteiger partial charge on any atom is -0.481 e. The Balaban J connectivity index is 0.000000193. The average molecular weight is 805 g/mol. The van der Waals surface area contributed by atoms with Gasteiger partial charge in [-0.05, 0) is 95.0 Å². The van der Waals surface area contributed by atoms with Crippen LogP contribution in [0.1, 0.15) is 123 Å². The number of hydrogen-bond donors (Lipinski definition) is 4. The van der Waals surface area contributed by atoms with E-state index in [4.69, 9.17) is 15.8 Å². The topological polar surface area (TPSA) is 163 Å². The highest BCUT2D eigenvalue weighted by atomic mass is 32.1. The maximum Gasteiger partial charge on any atom is 0.326 e. The second kappa shape index (κ2) is 22.2. The Morgan fingerprint density at radius 2 is 1.82 bits per heavy atom. The summed E-state index contributed by atoms with van der Waals surface area (Å²) in [5.41, 5.74) is 9.86. The smallest absolute Gasteiger partial charge is 0.326 e. The Kier molecular flexibility index (Phi) is 17.5. The van der Waals surface area contributed by atoms with Gasteiger partial charge in [0.2, 0.25) is 11.8 Å². The molecule has 2 amide bonds. The lowest BCUT2D eigenvalue weighted by Gasteiger charge is -2.22. The number of likely N-dealkylation sites (tertiary alicyclic amines) is 1. The molecule has 0 spiro atoms. The second-order valence-electron chi connectivity index (χ2n) is 14.9. The summed E-state index contributed by atoms with van der Waals surface area (Å²) in [5.74, 6) is -0.806. The van der Waals surface area contributed by atoms with Crippen LogP contribution in [-0.2, 0) is 14.4 Å². The van der Waals surface area contributed by atoms with Crippen molar-refractivity contribution in [3.05, 3.63) is 82.0 Å². The van der Waals surface area contributed by atoms with Crippen molar-refractivity contribution in [1.82, 2.24) is 19.4 Å². The zero-order valence-corrected chi connectivity index (χ0v) is 35.0. The summed E-state index contributed by atoms with van der Waals surface area (Å²) in [4.78, 5) is 55.3. The number of thiazole rings is 1. The van der Waals surface area contributed by atoms with Gasteiger partial charge in [-0.3, -0.25) is 19.0 Å². The van der Waals surface area contributed by atoms with Gasteiger partial charge in [-0.25, -0.2) is 14.2 Å². The third kappa shape index (κ3) is 12.6. The largest absolute Gasteiger partial charge is 0.481 e. The molecule has 310 valence electrons. The van der Waals surface area contributed by atoms with E-state index in [0.717, 1.165) is 40.9 Å². The Labute approximate surface area is 340 Å². The lowest BCUT2D eigenvalue weighted by Crippen LogP contribution is -2.45. The number of nitrogens with two attached hydrogens (primary N) is 1. The number of carbonyl (C=O) groups is 3. The maximum absolute atomic E-state index is 13.0. The SMILES string of the molecule is CC.CC(C)n1c(=O)[nH]c2c(-c3nc(C4CCCC4)cs3)cccc21.CCCCC/C=C\C1CC1C(=O)O.NC(=O)C1CCCN1C(=O)CNc1cccc(F)c1. The molecule has 2 aromatic carbocycles. The van der Waals surface area contributed by atoms with Crippen LogP contribution in [0, 0.1) is 17.7 Å². The van der Waals surface area contributed by atoms with E-state index in [1.54, 1.807) is 23.5 Å². The number of aromatic amines is 1. The first kappa shape index (κ1) is 44.9. The number of halogens is 1. The number of aromatic nitrogens is 3. The highest BCUT2D eigenvalue weighted by Gasteiger charge is 2.41. The van der Waals surface area contributed by atoms with Gasteiger partial charge in [0.1, 0.15) is 16.9 Å². The van der Waals surface area contributed by atoms with E-state index in [0.29, 0.717) is 30.5 Å². The fourth-order valence-corrected chi connectivity index (χ4v) is 8.32. The molecule has 57 heavy (non-hydrogen) atoms. The summed E-state index contributed by atoms with van der Waals surface area (Å²) in [6.07, 6.45) is 16.5. The number of rotatable bonds is 13. The van der Waals surface area contributed by atoms with Gasteiger partial charge in [0.05, 0.1) is 29.2 Å². The summed E-state index contributed by atoms with van der Waals surface area (Å²) >= 11 is 1.69. The second-order valence-corrected chi connectivity index (χ2v) is 15.8. The molecule has 3 fully saturated rings. The van der Waals surface area contributed by atoms with Crippen LogP contribution in [-0.4, -0.2) is 61.5 Å². The lowest BCUT2D eigenvalue weighted by atomic mass is 10.1. The Hall–Kier alpha value is -4.78. The normalized spacial score (nSPS) is 18.7. The number of fused-ring (bicyclic) bond motifs is 1. The van der Waals surface area contributed by atoms with E-state index in [1.807, 2.05) is 44.4 Å². The van der Waals surface area contributed by atoms with Crippen LogP contribution in [0.15, 0.2) is 64.8 Å². The zero-order valence-electron chi connectivity index (χ0n) is 34.1. The lowest BCUT2D eigenvalue weighted by molar-refractivity contribution is -0.138. The molecule has 1 aliphatic heterocycles. The van der Waals surface area contributed by atoms with Gasteiger partial charge in [-0.15, -0.1) is 11.3 Å². The number of amides is 2. The van der Waals surface area contributed by atoms with Crippen LogP contribution < -0.4 is 16.7 Å². The van der Waals surface area contributed by atoms with Crippen LogP contribution in [0.5, 0.6) is 0 Å². The highest BCUT2D eigenvalue weighted by Crippen LogP contribution is 2.40. The number of H-pyrrole nitrogens is 1. The van der Waals surface area contributed by atoms with Crippen molar-refractivity contribution in [3.8, 4) is 10.6 Å². The molecule has 3 unspecified atom stereocenters. The maximum atomic E-state index is 13.0. The third-order valence-corrected chi connectivity index (χ3v) is 11.4. The molecule has 11 nitrogen and oxygen atoms in total. The van der Waals surface area contributed by atoms with Gasteiger partial charge in [0, 0.05) is 35.1 Å². The van der Waals surface area contributed by atoms with Crippen LogP contribution in [0.2, 0.25) is 0 Å². The van der Waals surface area contributed by atoms with E-state index in [1.165, 1.54) is 67.7 Å². The number of nitrogens with zero attached hydrogens (tertiary/aromatic N) is 3. The molecule has 13 heteroatoms. The van der Waals surface area contributed by atoms with Crippen molar-refractivity contribution in [2.75, 3.05) is 18.4 Å². The van der Waals surface area contributed by atoms with Crippen LogP contribution in [0.25, 0.3) is 21.6 Å². The molecule has 5 N–H and O–H groups in total. The van der Waals surface area contributed by atoms with Crippen molar-refractivity contribution in [3.63, 3.8) is 0 Å². The first-order valence-electron chi connectivity index (χ1n) is 20.6. The van der Waals surface area contributed by atoms with Gasteiger partial charge in [-0.1, -0.05) is 70.7 Å². The van der Waals surface area contributed by atoms with Gasteiger partial charge in [0.15, 0.2) is 0 Å². The molecular formula is C44H61FN6O5S. The summed E-state index contributed by atoms with van der Waals surface area (Å²) in [7, 11) is 0. The zero-order chi connectivity index (χ0) is 41.5. The van der Waals surface area contributed by atoms with E-state index in [2.05, 4.69) is 40.8 Å². The van der Waals surface area contributed by atoms with Crippen LogP contribution in [0.3, 0.4) is 0 Å². The first-order valence-corrected chi connectivity index (χ1v) is 21.5. The number of unbranched alkanes of at least 4 members (excludes halogenated alkanes) is 3. The third-order valence-electron chi connectivity index (χ3n) is 10.5. The number of primary amides is 1. The molecule has 0 bridgehead atoms. The quantitative estimate of drug-likeness (QED) is 0.0773. The Morgan fingerprint density at radius 3 is 2.47 bits per heavy atom. The van der Waals surface area contributed by atoms with Crippen molar-refractivity contribution in [1.29, 1.82) is 0 Å². The van der Waals surface area contributed by atoms with Gasteiger partial charge < -0.3 is 26.0 Å². The van der Waals surface area contributed by atoms with E-state index < -0.39 is 17.9 Å². The number of benzene rings is 2. The van der Waals surface area contributed by atoms with Gasteiger partial charge in [-0.2, -0.15) is 0 Å². The highest BCUT2D eigenvalue weighted by molar-refractivity contribution is 7.13. The molecule has 7 rings (SSSR count). The molecule has 4 aromatic rings. The van der Waals surface area contributed by atoms with Crippen molar-refractivity contribution < 1.29 is 23.9 Å². The van der Waals surface area contributed by atoms with E-state index in [9.17, 15) is 23.6 Å². The fraction of sp³-hybridized carbons (Fsp3) is 0.523. The standard InChI is InChI=1S/C18H21N3OS.C13H16FN3O2.C11H18O2.C2H6/c1-11(2)21-15-9-5-8-13(16(15)20-18(21)22)17-19-14(10-23-17)12-6-3-4-7-12;14-9-3-1-4-10(7-9)16-8-12(18)17-6-2-5-11(17)13(15)19;1-2-3-4-5-6-7-9-8-10(9)11(12)13;1-2/h5,8-12H,3-4,6-7H2,1-2H3,(H,20,22);1,3-4,7,11,16H,2,5-6,8H2,(H2,15,19);6-7,9-10H,2-5,8H2,1H3,(H,12,13);1-2H3/b;;7-6-;. The molecule has 2 saturated carbocycles. The number of imidazole rings is 1. The minimum absolute atomic E-state index is 0.0211. The van der Waals surface area contributed by atoms with E-state index >= 15 is 0 Å². The minimum atomic E-state index is -0.636. The molecular weight excluding hydrogens is 744 g/mol. The fourth-order valence-electron chi connectivity index (χ4n) is 7.39. The summed E-state index contributed by atoms with van der Waals surface area (Å²) in [5, 5.41) is 14.7. The summed E-state index contributed by atoms with van der Waals surface area (Å²) < 4.78 is 14.8. The van der Waals surface area contributed by atoms with E-state index in [-0.39, 0.29) is 35.9 Å². The average Bonchev–Trinajstić information content (AvgIpc) is 3.73. The Morgan fingerprint density at radius 1 is 1.09 bits per heavy atom. The monoisotopic (exact) mass is 804 g/mol. The number of nitrogens with one attached hydrogen (secondary N) is 2. The molecule has 0 radical (unpaired) electrons. The summed E-state index contributed by atoms with van der Waals surface area (Å²) in [6, 6.07) is 11.6. The van der Waals surface area contributed by atoms with Crippen LogP contribution in [0.4, 0.5) is 10.1 Å². The number of allylic oxidation sites excluding steroid dienone is 2.